The Hall–Kier alpha value is -1.62. The Bertz CT molecular complexity index is 334. The molecule has 0 heterocycles. The molecule has 0 aromatic carbocycles. The average molecular weight is 269 g/mol. The monoisotopic (exact) mass is 269 g/mol. The number of hydrogen-bond acceptors (Lipinski definition) is 5. The molecule has 0 amide bonds. The van der Waals surface area contributed by atoms with E-state index in [4.69, 9.17) is 15.2 Å². The number of ether oxygens (including phenoxy) is 2. The summed E-state index contributed by atoms with van der Waals surface area (Å²) in [6.45, 7) is 4.27. The quantitative estimate of drug-likeness (QED) is 0.392. The van der Waals surface area contributed by atoms with Gasteiger partial charge in [-0.25, -0.2) is 0 Å². The van der Waals surface area contributed by atoms with Crippen molar-refractivity contribution in [2.45, 2.75) is 33.1 Å². The smallest absolute Gasteiger partial charge is 0.319 e. The topological polar surface area (TPSA) is 78.6 Å². The van der Waals surface area contributed by atoms with Gasteiger partial charge in [-0.2, -0.15) is 0 Å². The van der Waals surface area contributed by atoms with Gasteiger partial charge in [0.15, 0.2) is 0 Å². The lowest BCUT2D eigenvalue weighted by molar-refractivity contribution is -0.146. The zero-order valence-corrected chi connectivity index (χ0v) is 11.7. The van der Waals surface area contributed by atoms with Crippen LogP contribution in [0.5, 0.6) is 0 Å². The van der Waals surface area contributed by atoms with Gasteiger partial charge in [0.25, 0.3) is 0 Å². The largest absolute Gasteiger partial charge is 0.465 e. The molecule has 5 heteroatoms. The molecule has 108 valence electrons. The molecular weight excluding hydrogens is 246 g/mol. The predicted molar refractivity (Wildman–Crippen MR) is 73.4 cm³/mol. The first kappa shape index (κ1) is 17.4. The van der Waals surface area contributed by atoms with Gasteiger partial charge in [-0.1, -0.05) is 25.2 Å². The average Bonchev–Trinajstić information content (AvgIpc) is 2.41. The first-order valence-corrected chi connectivity index (χ1v) is 6.47. The minimum atomic E-state index is -0.463. The van der Waals surface area contributed by atoms with E-state index >= 15 is 0 Å². The molecule has 0 saturated heterocycles. The molecule has 0 spiro atoms. The van der Waals surface area contributed by atoms with Gasteiger partial charge in [-0.15, -0.1) is 0 Å². The van der Waals surface area contributed by atoms with Gasteiger partial charge in [-0.05, 0) is 25.3 Å². The molecule has 0 aliphatic rings. The van der Waals surface area contributed by atoms with Crippen molar-refractivity contribution < 1.29 is 19.1 Å². The van der Waals surface area contributed by atoms with Gasteiger partial charge >= 0.3 is 11.9 Å². The lowest BCUT2D eigenvalue weighted by atomic mass is 10.2. The highest BCUT2D eigenvalue weighted by atomic mass is 16.5. The van der Waals surface area contributed by atoms with E-state index in [0.717, 1.165) is 12.0 Å². The highest BCUT2D eigenvalue weighted by Gasteiger charge is 2.05. The number of rotatable bonds is 9. The van der Waals surface area contributed by atoms with Crippen molar-refractivity contribution >= 4 is 11.9 Å². The Kier molecular flexibility index (Phi) is 10.5. The molecule has 0 aromatic heterocycles. The van der Waals surface area contributed by atoms with E-state index in [1.807, 2.05) is 32.1 Å². The number of nitrogens with two attached hydrogens (primary N) is 1. The van der Waals surface area contributed by atoms with Gasteiger partial charge in [-0.3, -0.25) is 9.59 Å². The van der Waals surface area contributed by atoms with Crippen LogP contribution in [0, 0.1) is 0 Å². The van der Waals surface area contributed by atoms with Crippen molar-refractivity contribution in [1.82, 2.24) is 0 Å². The fourth-order valence-corrected chi connectivity index (χ4v) is 1.35. The summed E-state index contributed by atoms with van der Waals surface area (Å²) in [5.41, 5.74) is 6.05. The second-order valence-corrected chi connectivity index (χ2v) is 3.88. The van der Waals surface area contributed by atoms with Crippen LogP contribution in [0.1, 0.15) is 33.1 Å². The Morgan fingerprint density at radius 2 is 1.95 bits per heavy atom. The number of allylic oxidation sites excluding steroid dienone is 2. The van der Waals surface area contributed by atoms with Gasteiger partial charge < -0.3 is 15.2 Å². The van der Waals surface area contributed by atoms with Gasteiger partial charge in [0.2, 0.25) is 0 Å². The van der Waals surface area contributed by atoms with Crippen molar-refractivity contribution in [2.75, 3.05) is 19.8 Å². The minimum Gasteiger partial charge on any atom is -0.465 e. The summed E-state index contributed by atoms with van der Waals surface area (Å²) in [6.07, 6.45) is 7.40. The van der Waals surface area contributed by atoms with Crippen LogP contribution in [0.2, 0.25) is 0 Å². The van der Waals surface area contributed by atoms with Crippen LogP contribution in [0.3, 0.4) is 0 Å². The third kappa shape index (κ3) is 10.0. The van der Waals surface area contributed by atoms with Crippen LogP contribution in [0.15, 0.2) is 23.8 Å². The van der Waals surface area contributed by atoms with Crippen LogP contribution in [-0.2, 0) is 19.1 Å². The minimum absolute atomic E-state index is 0.140. The maximum absolute atomic E-state index is 11.4. The highest BCUT2D eigenvalue weighted by molar-refractivity contribution is 5.71. The van der Waals surface area contributed by atoms with Crippen LogP contribution >= 0.6 is 0 Å². The molecule has 0 rings (SSSR count). The maximum Gasteiger partial charge on any atom is 0.319 e. The second kappa shape index (κ2) is 11.5. The molecule has 0 fully saturated rings. The third-order valence-electron chi connectivity index (χ3n) is 2.20. The van der Waals surface area contributed by atoms with E-state index < -0.39 is 5.97 Å². The van der Waals surface area contributed by atoms with Crippen LogP contribution in [-0.4, -0.2) is 31.7 Å². The van der Waals surface area contributed by atoms with Gasteiger partial charge in [0.05, 0.1) is 13.2 Å². The summed E-state index contributed by atoms with van der Waals surface area (Å²) in [7, 11) is 0. The maximum atomic E-state index is 11.4. The highest BCUT2D eigenvalue weighted by Crippen LogP contribution is 2.02. The number of esters is 2. The third-order valence-corrected chi connectivity index (χ3v) is 2.20. The molecular formula is C14H23NO4. The van der Waals surface area contributed by atoms with E-state index in [1.54, 1.807) is 0 Å². The van der Waals surface area contributed by atoms with E-state index in [2.05, 4.69) is 0 Å². The van der Waals surface area contributed by atoms with Crippen molar-refractivity contribution in [2.24, 2.45) is 5.73 Å². The number of carbonyl (C=O) groups excluding carboxylic acids is 2. The molecule has 0 atom stereocenters. The fourth-order valence-electron chi connectivity index (χ4n) is 1.35. The standard InChI is InChI=1S/C14H23NO4/c1-3-6-12(7-4-2)11-19-13(16)8-5-9-18-14(17)10-15/h3,6-7H,4-5,8-11,15H2,1-2H3/b6-3-,12-7+. The molecule has 0 aromatic rings. The first-order chi connectivity index (χ1) is 9.13. The molecule has 0 aliphatic heterocycles. The lowest BCUT2D eigenvalue weighted by Gasteiger charge is -2.06. The first-order valence-electron chi connectivity index (χ1n) is 6.47. The fraction of sp³-hybridized carbons (Fsp3) is 0.571. The normalized spacial score (nSPS) is 11.6. The lowest BCUT2D eigenvalue weighted by Crippen LogP contribution is -2.17. The predicted octanol–water partition coefficient (Wildman–Crippen LogP) is 1.72. The van der Waals surface area contributed by atoms with Crippen molar-refractivity contribution in [3.63, 3.8) is 0 Å². The summed E-state index contributed by atoms with van der Waals surface area (Å²) in [5, 5.41) is 0. The summed E-state index contributed by atoms with van der Waals surface area (Å²) in [5.74, 6) is -0.759. The van der Waals surface area contributed by atoms with Crippen LogP contribution in [0.4, 0.5) is 0 Å². The van der Waals surface area contributed by atoms with Crippen LogP contribution in [0.25, 0.3) is 0 Å². The molecule has 0 unspecified atom stereocenters. The van der Waals surface area contributed by atoms with E-state index in [-0.39, 0.29) is 32.1 Å². The molecule has 0 bridgehead atoms. The molecule has 19 heavy (non-hydrogen) atoms. The Morgan fingerprint density at radius 3 is 2.53 bits per heavy atom. The second-order valence-electron chi connectivity index (χ2n) is 3.88. The SMILES string of the molecule is C/C=C\C(=C/CC)COC(=O)CCCOC(=O)CN. The van der Waals surface area contributed by atoms with E-state index in [9.17, 15) is 9.59 Å². The number of carbonyl (C=O) groups is 2. The van der Waals surface area contributed by atoms with E-state index in [0.29, 0.717) is 6.42 Å². The van der Waals surface area contributed by atoms with Gasteiger partial charge in [0, 0.05) is 6.42 Å². The Balaban J connectivity index is 3.80. The molecule has 0 saturated carbocycles. The molecule has 5 nitrogen and oxygen atoms in total. The zero-order chi connectivity index (χ0) is 14.5. The van der Waals surface area contributed by atoms with Crippen molar-refractivity contribution in [3.05, 3.63) is 23.8 Å². The Labute approximate surface area is 114 Å². The molecule has 2 N–H and O–H groups in total. The van der Waals surface area contributed by atoms with Crippen molar-refractivity contribution in [3.8, 4) is 0 Å². The van der Waals surface area contributed by atoms with Crippen molar-refractivity contribution in [1.29, 1.82) is 0 Å². The summed E-state index contributed by atoms with van der Waals surface area (Å²) < 4.78 is 9.87. The molecule has 0 radical (unpaired) electrons. The Morgan fingerprint density at radius 1 is 1.21 bits per heavy atom. The zero-order valence-electron chi connectivity index (χ0n) is 11.7. The summed E-state index contributed by atoms with van der Waals surface area (Å²) >= 11 is 0. The summed E-state index contributed by atoms with van der Waals surface area (Å²) in [6, 6.07) is 0. The van der Waals surface area contributed by atoms with E-state index in [1.165, 1.54) is 0 Å². The summed E-state index contributed by atoms with van der Waals surface area (Å²) in [4.78, 5) is 22.2. The molecule has 0 aliphatic carbocycles. The number of hydrogen-bond donors (Lipinski definition) is 1. The van der Waals surface area contributed by atoms with Crippen LogP contribution < -0.4 is 5.73 Å². The van der Waals surface area contributed by atoms with Gasteiger partial charge in [0.1, 0.15) is 6.61 Å².